The molecule has 1 aromatic heterocycles. The number of hydrogen-bond donors (Lipinski definition) is 2. The number of methoxy groups -OCH3 is 1. The Morgan fingerprint density at radius 1 is 1.03 bits per heavy atom. The third-order valence-corrected chi connectivity index (χ3v) is 5.60. The molecule has 9 heteroatoms. The molecule has 0 spiro atoms. The lowest BCUT2D eigenvalue weighted by atomic mass is 10.1. The predicted molar refractivity (Wildman–Crippen MR) is 114 cm³/mol. The molecule has 2 N–H and O–H groups in total. The first-order valence-electron chi connectivity index (χ1n) is 8.65. The van der Waals surface area contributed by atoms with Crippen LogP contribution >= 0.6 is 22.9 Å². The number of esters is 1. The maximum absolute atomic E-state index is 13.1. The zero-order chi connectivity index (χ0) is 21.8. The van der Waals surface area contributed by atoms with Gasteiger partial charge in [0.15, 0.2) is 0 Å². The van der Waals surface area contributed by atoms with E-state index in [0.717, 1.165) is 23.5 Å². The van der Waals surface area contributed by atoms with Crippen molar-refractivity contribution in [3.05, 3.63) is 80.9 Å². The molecule has 0 fully saturated rings. The molecule has 0 saturated heterocycles. The third kappa shape index (κ3) is 4.67. The molecule has 0 saturated carbocycles. The van der Waals surface area contributed by atoms with E-state index in [0.29, 0.717) is 16.3 Å². The Kier molecular flexibility index (Phi) is 6.49. The largest absolute Gasteiger partial charge is 0.465 e. The van der Waals surface area contributed by atoms with Crippen molar-refractivity contribution in [1.82, 2.24) is 0 Å². The Balaban J connectivity index is 1.93. The highest BCUT2D eigenvalue weighted by atomic mass is 35.5. The van der Waals surface area contributed by atoms with E-state index in [1.807, 2.05) is 0 Å². The fourth-order valence-corrected chi connectivity index (χ4v) is 3.97. The summed E-state index contributed by atoms with van der Waals surface area (Å²) < 4.78 is 17.9. The van der Waals surface area contributed by atoms with Gasteiger partial charge in [-0.3, -0.25) is 9.59 Å². The lowest BCUT2D eigenvalue weighted by Gasteiger charge is -2.06. The predicted octanol–water partition coefficient (Wildman–Crippen LogP) is 5.14. The summed E-state index contributed by atoms with van der Waals surface area (Å²) in [5.41, 5.74) is 1.12. The van der Waals surface area contributed by atoms with E-state index in [2.05, 4.69) is 10.6 Å². The van der Waals surface area contributed by atoms with Gasteiger partial charge in [0.25, 0.3) is 11.8 Å². The van der Waals surface area contributed by atoms with E-state index in [9.17, 15) is 18.8 Å². The van der Waals surface area contributed by atoms with Gasteiger partial charge in [-0.2, -0.15) is 0 Å². The van der Waals surface area contributed by atoms with Gasteiger partial charge in [0.2, 0.25) is 0 Å². The molecule has 30 heavy (non-hydrogen) atoms. The van der Waals surface area contributed by atoms with Crippen LogP contribution in [0.2, 0.25) is 5.02 Å². The molecule has 0 atom stereocenters. The van der Waals surface area contributed by atoms with Gasteiger partial charge in [0.05, 0.1) is 17.6 Å². The minimum absolute atomic E-state index is 0.0780. The van der Waals surface area contributed by atoms with Crippen molar-refractivity contribution < 1.29 is 23.5 Å². The Bertz CT molecular complexity index is 1130. The number of carbonyl (C=O) groups is 3. The molecule has 0 bridgehead atoms. The Hall–Kier alpha value is -3.23. The number of benzene rings is 2. The summed E-state index contributed by atoms with van der Waals surface area (Å²) in [5.74, 6) is -2.19. The van der Waals surface area contributed by atoms with Crippen LogP contribution in [0.15, 0.2) is 48.5 Å². The van der Waals surface area contributed by atoms with Gasteiger partial charge in [0.1, 0.15) is 10.8 Å². The number of halogens is 2. The molecule has 0 aliphatic heterocycles. The topological polar surface area (TPSA) is 84.5 Å². The Morgan fingerprint density at radius 2 is 1.73 bits per heavy atom. The normalized spacial score (nSPS) is 10.4. The molecular weight excluding hydrogens is 431 g/mol. The first-order valence-corrected chi connectivity index (χ1v) is 9.85. The van der Waals surface area contributed by atoms with E-state index in [-0.39, 0.29) is 21.0 Å². The van der Waals surface area contributed by atoms with Crippen LogP contribution in [-0.2, 0) is 4.74 Å². The van der Waals surface area contributed by atoms with Gasteiger partial charge in [0, 0.05) is 16.3 Å². The second kappa shape index (κ2) is 9.06. The number of anilines is 2. The average molecular weight is 447 g/mol. The van der Waals surface area contributed by atoms with Gasteiger partial charge < -0.3 is 15.4 Å². The van der Waals surface area contributed by atoms with Gasteiger partial charge in [-0.1, -0.05) is 17.7 Å². The van der Waals surface area contributed by atoms with Crippen molar-refractivity contribution in [1.29, 1.82) is 0 Å². The molecule has 0 unspecified atom stereocenters. The van der Waals surface area contributed by atoms with Gasteiger partial charge in [-0.15, -0.1) is 11.3 Å². The maximum atomic E-state index is 13.1. The molecular formula is C21H16ClFN2O4S. The highest BCUT2D eigenvalue weighted by Gasteiger charge is 2.26. The summed E-state index contributed by atoms with van der Waals surface area (Å²) in [6, 6.07) is 11.6. The van der Waals surface area contributed by atoms with E-state index in [1.165, 1.54) is 19.2 Å². The third-order valence-electron chi connectivity index (χ3n) is 4.16. The van der Waals surface area contributed by atoms with Crippen molar-refractivity contribution in [3.8, 4) is 0 Å². The number of nitrogens with one attached hydrogen (secondary N) is 2. The average Bonchev–Trinajstić information content (AvgIpc) is 3.03. The number of thiophene rings is 1. The highest BCUT2D eigenvalue weighted by Crippen LogP contribution is 2.34. The van der Waals surface area contributed by atoms with Crippen molar-refractivity contribution in [3.63, 3.8) is 0 Å². The number of rotatable bonds is 5. The molecule has 154 valence electrons. The minimum atomic E-state index is -0.694. The van der Waals surface area contributed by atoms with Crippen LogP contribution in [0.5, 0.6) is 0 Å². The van der Waals surface area contributed by atoms with Crippen LogP contribution in [0, 0.1) is 12.7 Å². The molecule has 3 aromatic rings. The second-order valence-electron chi connectivity index (χ2n) is 6.18. The zero-order valence-electron chi connectivity index (χ0n) is 15.9. The summed E-state index contributed by atoms with van der Waals surface area (Å²) in [5, 5.41) is 5.93. The summed E-state index contributed by atoms with van der Waals surface area (Å²) in [7, 11) is 1.21. The number of hydrogen-bond acceptors (Lipinski definition) is 5. The molecule has 1 heterocycles. The summed E-state index contributed by atoms with van der Waals surface area (Å²) in [6.45, 7) is 1.59. The molecule has 3 rings (SSSR count). The lowest BCUT2D eigenvalue weighted by Crippen LogP contribution is -2.14. The summed E-state index contributed by atoms with van der Waals surface area (Å²) >= 11 is 6.88. The van der Waals surface area contributed by atoms with E-state index >= 15 is 0 Å². The van der Waals surface area contributed by atoms with Crippen LogP contribution in [0.25, 0.3) is 0 Å². The molecule has 0 aliphatic rings. The van der Waals surface area contributed by atoms with Crippen LogP contribution in [0.3, 0.4) is 0 Å². The quantitative estimate of drug-likeness (QED) is 0.531. The number of carbonyl (C=O) groups excluding carboxylic acids is 3. The minimum Gasteiger partial charge on any atom is -0.465 e. The van der Waals surface area contributed by atoms with Crippen molar-refractivity contribution in [2.24, 2.45) is 0 Å². The summed E-state index contributed by atoms with van der Waals surface area (Å²) in [6.07, 6.45) is 0. The molecule has 2 aromatic carbocycles. The Morgan fingerprint density at radius 3 is 2.37 bits per heavy atom. The van der Waals surface area contributed by atoms with Crippen LogP contribution in [0.4, 0.5) is 15.1 Å². The molecule has 2 amide bonds. The van der Waals surface area contributed by atoms with Crippen LogP contribution in [0.1, 0.15) is 36.0 Å². The van der Waals surface area contributed by atoms with Crippen molar-refractivity contribution in [2.45, 2.75) is 6.92 Å². The van der Waals surface area contributed by atoms with Crippen molar-refractivity contribution >= 4 is 51.4 Å². The van der Waals surface area contributed by atoms with E-state index in [1.54, 1.807) is 31.2 Å². The number of ether oxygens (including phenoxy) is 1. The second-order valence-corrected chi connectivity index (χ2v) is 7.63. The van der Waals surface area contributed by atoms with Gasteiger partial charge in [-0.25, -0.2) is 9.18 Å². The first kappa shape index (κ1) is 21.5. The smallest absolute Gasteiger partial charge is 0.341 e. The standard InChI is InChI=1S/C21H16ClFN2O4S/c1-11-16(21(28)29-2)20(25-18(26)12-6-8-14(23)9-7-12)30-17(11)19(27)24-15-5-3-4-13(22)10-15/h3-10H,1-2H3,(H,24,27)(H,25,26). The van der Waals surface area contributed by atoms with E-state index in [4.69, 9.17) is 16.3 Å². The summed E-state index contributed by atoms with van der Waals surface area (Å²) in [4.78, 5) is 37.8. The van der Waals surface area contributed by atoms with Crippen molar-refractivity contribution in [2.75, 3.05) is 17.7 Å². The lowest BCUT2D eigenvalue weighted by molar-refractivity contribution is 0.0601. The van der Waals surface area contributed by atoms with Crippen LogP contribution in [-0.4, -0.2) is 24.9 Å². The molecule has 0 aliphatic carbocycles. The Labute approximate surface area is 180 Å². The first-order chi connectivity index (χ1) is 14.3. The zero-order valence-corrected chi connectivity index (χ0v) is 17.5. The monoisotopic (exact) mass is 446 g/mol. The van der Waals surface area contributed by atoms with Gasteiger partial charge >= 0.3 is 5.97 Å². The highest BCUT2D eigenvalue weighted by molar-refractivity contribution is 7.19. The number of amides is 2. The van der Waals surface area contributed by atoms with E-state index < -0.39 is 23.6 Å². The van der Waals surface area contributed by atoms with Crippen LogP contribution < -0.4 is 10.6 Å². The molecule has 6 nitrogen and oxygen atoms in total. The SMILES string of the molecule is COC(=O)c1c(NC(=O)c2ccc(F)cc2)sc(C(=O)Nc2cccc(Cl)c2)c1C. The fourth-order valence-electron chi connectivity index (χ4n) is 2.70. The van der Waals surface area contributed by atoms with Gasteiger partial charge in [-0.05, 0) is 55.0 Å². The fraction of sp³-hybridized carbons (Fsp3) is 0.0952. The maximum Gasteiger partial charge on any atom is 0.341 e. The molecule has 0 radical (unpaired) electrons.